The third-order valence-corrected chi connectivity index (χ3v) is 6.63. The van der Waals surface area contributed by atoms with Crippen LogP contribution in [0.1, 0.15) is 24.0 Å². The summed E-state index contributed by atoms with van der Waals surface area (Å²) < 4.78 is 0. The van der Waals surface area contributed by atoms with Crippen molar-refractivity contribution in [1.82, 2.24) is 15.5 Å². The zero-order valence-electron chi connectivity index (χ0n) is 20.2. The summed E-state index contributed by atoms with van der Waals surface area (Å²) >= 11 is 4.16. The predicted octanol–water partition coefficient (Wildman–Crippen LogP) is 0.480. The lowest BCUT2D eigenvalue weighted by Crippen LogP contribution is -2.57. The van der Waals surface area contributed by atoms with Gasteiger partial charge in [-0.25, -0.2) is 4.79 Å². The van der Waals surface area contributed by atoms with Crippen molar-refractivity contribution >= 4 is 36.3 Å². The fourth-order valence-electron chi connectivity index (χ4n) is 4.27. The van der Waals surface area contributed by atoms with Gasteiger partial charge in [-0.3, -0.25) is 14.4 Å². The maximum absolute atomic E-state index is 13.1. The Morgan fingerprint density at radius 3 is 2.24 bits per heavy atom. The molecule has 0 bridgehead atoms. The number of aromatic hydroxyl groups is 1. The fourth-order valence-corrected chi connectivity index (χ4v) is 4.53. The van der Waals surface area contributed by atoms with Crippen molar-refractivity contribution in [3.63, 3.8) is 0 Å². The molecule has 0 radical (unpaired) electrons. The number of hydrogen-bond donors (Lipinski definition) is 6. The van der Waals surface area contributed by atoms with Crippen LogP contribution in [0.5, 0.6) is 5.75 Å². The summed E-state index contributed by atoms with van der Waals surface area (Å²) in [6.07, 6.45) is 1.37. The number of carboxylic acid groups (broad SMARTS) is 1. The highest BCUT2D eigenvalue weighted by Gasteiger charge is 2.37. The number of aliphatic carboxylic acids is 1. The summed E-state index contributed by atoms with van der Waals surface area (Å²) in [7, 11) is 0. The number of thiol groups is 1. The first-order valence-electron chi connectivity index (χ1n) is 12.0. The third-order valence-electron chi connectivity index (χ3n) is 6.26. The molecule has 10 nitrogen and oxygen atoms in total. The lowest BCUT2D eigenvalue weighted by atomic mass is 10.0. The summed E-state index contributed by atoms with van der Waals surface area (Å²) in [5.41, 5.74) is 7.67. The molecule has 0 aromatic heterocycles. The smallest absolute Gasteiger partial charge is 0.326 e. The summed E-state index contributed by atoms with van der Waals surface area (Å²) in [6.45, 7) is 0.380. The van der Waals surface area contributed by atoms with E-state index >= 15 is 0 Å². The molecule has 1 fully saturated rings. The highest BCUT2D eigenvalue weighted by Crippen LogP contribution is 2.19. The van der Waals surface area contributed by atoms with Crippen LogP contribution in [0, 0.1) is 0 Å². The van der Waals surface area contributed by atoms with E-state index in [9.17, 15) is 29.4 Å². The molecule has 1 saturated heterocycles. The van der Waals surface area contributed by atoms with Gasteiger partial charge in [0, 0.05) is 18.7 Å². The van der Waals surface area contributed by atoms with E-state index in [1.165, 1.54) is 17.0 Å². The van der Waals surface area contributed by atoms with Gasteiger partial charge in [0.05, 0.1) is 6.04 Å². The lowest BCUT2D eigenvalue weighted by Gasteiger charge is -2.28. The molecule has 2 aromatic carbocycles. The van der Waals surface area contributed by atoms with Crippen LogP contribution in [-0.2, 0) is 32.0 Å². The Bertz CT molecular complexity index is 1100. The minimum Gasteiger partial charge on any atom is -0.508 e. The number of amides is 3. The second-order valence-electron chi connectivity index (χ2n) is 9.00. The first kappa shape index (κ1) is 28.0. The zero-order chi connectivity index (χ0) is 26.9. The average Bonchev–Trinajstić information content (AvgIpc) is 3.38. The van der Waals surface area contributed by atoms with E-state index in [-0.39, 0.29) is 23.8 Å². The van der Waals surface area contributed by atoms with E-state index in [4.69, 9.17) is 5.73 Å². The van der Waals surface area contributed by atoms with E-state index in [2.05, 4.69) is 23.3 Å². The minimum atomic E-state index is -1.25. The van der Waals surface area contributed by atoms with Crippen molar-refractivity contribution < 1.29 is 29.4 Å². The molecule has 3 amide bonds. The number of carbonyl (C=O) groups is 4. The normalized spacial score (nSPS) is 17.5. The molecule has 11 heteroatoms. The number of benzene rings is 2. The maximum Gasteiger partial charge on any atom is 0.326 e. The largest absolute Gasteiger partial charge is 0.508 e. The van der Waals surface area contributed by atoms with Crippen molar-refractivity contribution in [1.29, 1.82) is 0 Å². The van der Waals surface area contributed by atoms with Crippen molar-refractivity contribution in [3.05, 3.63) is 65.7 Å². The summed E-state index contributed by atoms with van der Waals surface area (Å²) in [4.78, 5) is 52.1. The van der Waals surface area contributed by atoms with Gasteiger partial charge in [0.25, 0.3) is 0 Å². The van der Waals surface area contributed by atoms with Crippen LogP contribution >= 0.6 is 12.6 Å². The van der Waals surface area contributed by atoms with Crippen LogP contribution in [-0.4, -0.2) is 75.3 Å². The molecule has 1 aliphatic heterocycles. The molecular formula is C26H32N4O6S. The van der Waals surface area contributed by atoms with Gasteiger partial charge < -0.3 is 31.5 Å². The van der Waals surface area contributed by atoms with Gasteiger partial charge in [0.2, 0.25) is 17.7 Å². The summed E-state index contributed by atoms with van der Waals surface area (Å²) in [5.74, 6) is -2.84. The first-order valence-corrected chi connectivity index (χ1v) is 12.6. The number of carbonyl (C=O) groups excluding carboxylic acids is 3. The van der Waals surface area contributed by atoms with Crippen LogP contribution in [0.2, 0.25) is 0 Å². The van der Waals surface area contributed by atoms with Crippen molar-refractivity contribution in [2.45, 2.75) is 49.9 Å². The topological polar surface area (TPSA) is 162 Å². The standard InChI is InChI=1S/C26H32N4O6S/c27-19(13-16-5-2-1-3-6-16)25(34)30-12-4-7-22(30)24(33)29-21(15-37)23(32)28-20(26(35)36)14-17-8-10-18(31)11-9-17/h1-3,5-6,8-11,19-22,31,37H,4,7,12-15,27H2,(H,28,32)(H,29,33)(H,35,36). The highest BCUT2D eigenvalue weighted by molar-refractivity contribution is 7.80. The van der Waals surface area contributed by atoms with E-state index < -0.39 is 42.0 Å². The molecule has 3 rings (SSSR count). The van der Waals surface area contributed by atoms with Gasteiger partial charge >= 0.3 is 5.97 Å². The molecule has 0 saturated carbocycles. The SMILES string of the molecule is NC(Cc1ccccc1)C(=O)N1CCCC1C(=O)NC(CS)C(=O)NC(Cc1ccc(O)cc1)C(=O)O. The monoisotopic (exact) mass is 528 g/mol. The maximum atomic E-state index is 13.1. The van der Waals surface area contributed by atoms with Crippen LogP contribution in [0.25, 0.3) is 0 Å². The molecule has 4 unspecified atom stereocenters. The molecule has 1 aliphatic rings. The Hall–Kier alpha value is -3.57. The molecule has 6 N–H and O–H groups in total. The van der Waals surface area contributed by atoms with Gasteiger partial charge in [-0.15, -0.1) is 0 Å². The number of rotatable bonds is 11. The van der Waals surface area contributed by atoms with Gasteiger partial charge in [0.15, 0.2) is 0 Å². The number of hydrogen-bond acceptors (Lipinski definition) is 7. The quantitative estimate of drug-likeness (QED) is 0.231. The van der Waals surface area contributed by atoms with Crippen LogP contribution in [0.4, 0.5) is 0 Å². The molecule has 37 heavy (non-hydrogen) atoms. The fraction of sp³-hybridized carbons (Fsp3) is 0.385. The Kier molecular flexibility index (Phi) is 9.93. The van der Waals surface area contributed by atoms with Crippen molar-refractivity contribution in [2.24, 2.45) is 5.73 Å². The molecule has 0 spiro atoms. The molecule has 198 valence electrons. The van der Waals surface area contributed by atoms with Gasteiger partial charge in [-0.1, -0.05) is 42.5 Å². The zero-order valence-corrected chi connectivity index (χ0v) is 21.1. The minimum absolute atomic E-state index is 0.0151. The summed E-state index contributed by atoms with van der Waals surface area (Å²) in [5, 5.41) is 24.0. The second-order valence-corrected chi connectivity index (χ2v) is 9.36. The van der Waals surface area contributed by atoms with Crippen LogP contribution in [0.15, 0.2) is 54.6 Å². The summed E-state index contributed by atoms with van der Waals surface area (Å²) in [6, 6.07) is 11.4. The highest BCUT2D eigenvalue weighted by atomic mass is 32.1. The molecule has 2 aromatic rings. The van der Waals surface area contributed by atoms with E-state index in [1.54, 1.807) is 12.1 Å². The first-order chi connectivity index (χ1) is 17.7. The van der Waals surface area contributed by atoms with Gasteiger partial charge in [-0.05, 0) is 42.5 Å². The van der Waals surface area contributed by atoms with Gasteiger partial charge in [0.1, 0.15) is 23.9 Å². The molecule has 4 atom stereocenters. The van der Waals surface area contributed by atoms with Crippen LogP contribution < -0.4 is 16.4 Å². The number of nitrogens with two attached hydrogens (primary N) is 1. The number of likely N-dealkylation sites (tertiary alicyclic amines) is 1. The third kappa shape index (κ3) is 7.70. The Labute approximate surface area is 220 Å². The van der Waals surface area contributed by atoms with Crippen LogP contribution in [0.3, 0.4) is 0 Å². The number of nitrogens with one attached hydrogen (secondary N) is 2. The van der Waals surface area contributed by atoms with E-state index in [0.29, 0.717) is 31.4 Å². The van der Waals surface area contributed by atoms with Crippen molar-refractivity contribution in [2.75, 3.05) is 12.3 Å². The number of phenols is 1. The number of carboxylic acids is 1. The lowest BCUT2D eigenvalue weighted by molar-refractivity contribution is -0.142. The number of phenolic OH excluding ortho intramolecular Hbond substituents is 1. The Balaban J connectivity index is 1.60. The van der Waals surface area contributed by atoms with Gasteiger partial charge in [-0.2, -0.15) is 12.6 Å². The number of nitrogens with zero attached hydrogens (tertiary/aromatic N) is 1. The molecule has 1 heterocycles. The predicted molar refractivity (Wildman–Crippen MR) is 140 cm³/mol. The van der Waals surface area contributed by atoms with E-state index in [0.717, 1.165) is 5.56 Å². The van der Waals surface area contributed by atoms with E-state index in [1.807, 2.05) is 30.3 Å². The second kappa shape index (κ2) is 13.1. The average molecular weight is 529 g/mol. The Morgan fingerprint density at radius 1 is 0.973 bits per heavy atom. The Morgan fingerprint density at radius 2 is 1.62 bits per heavy atom. The molecule has 0 aliphatic carbocycles. The van der Waals surface area contributed by atoms with Crippen molar-refractivity contribution in [3.8, 4) is 5.75 Å². The molecular weight excluding hydrogens is 496 g/mol.